The molecule has 0 saturated carbocycles. The molecule has 2 aliphatic heterocycles. The molecule has 0 spiro atoms. The molecule has 0 amide bonds. The Morgan fingerprint density at radius 2 is 1.86 bits per heavy atom. The first-order valence-electron chi connectivity index (χ1n) is 9.26. The summed E-state index contributed by atoms with van der Waals surface area (Å²) in [6.45, 7) is 5.22. The highest BCUT2D eigenvalue weighted by atomic mass is 16.7. The Kier molecular flexibility index (Phi) is 4.71. The molecule has 6 atom stereocenters. The van der Waals surface area contributed by atoms with Gasteiger partial charge in [-0.25, -0.2) is 4.79 Å². The van der Waals surface area contributed by atoms with E-state index in [0.29, 0.717) is 17.8 Å². The van der Waals surface area contributed by atoms with Crippen LogP contribution in [0.1, 0.15) is 26.3 Å². The van der Waals surface area contributed by atoms with E-state index in [1.807, 2.05) is 19.9 Å². The van der Waals surface area contributed by atoms with Crippen LogP contribution in [0.4, 0.5) is 0 Å². The molecule has 3 N–H and O–H groups in total. The van der Waals surface area contributed by atoms with Crippen LogP contribution >= 0.6 is 0 Å². The Morgan fingerprint density at radius 1 is 1.11 bits per heavy atom. The average molecular weight is 392 g/mol. The summed E-state index contributed by atoms with van der Waals surface area (Å²) in [5.74, 6) is 0.609. The van der Waals surface area contributed by atoms with Crippen LogP contribution in [0.15, 0.2) is 33.5 Å². The van der Waals surface area contributed by atoms with Gasteiger partial charge in [-0.15, -0.1) is 0 Å². The van der Waals surface area contributed by atoms with Crippen molar-refractivity contribution < 1.29 is 33.9 Å². The van der Waals surface area contributed by atoms with Crippen molar-refractivity contribution in [2.45, 2.75) is 69.6 Å². The normalized spacial score (nSPS) is 32.9. The number of benzene rings is 1. The summed E-state index contributed by atoms with van der Waals surface area (Å²) < 4.78 is 22.8. The van der Waals surface area contributed by atoms with Crippen LogP contribution in [0.3, 0.4) is 0 Å². The van der Waals surface area contributed by atoms with Crippen LogP contribution in [0.25, 0.3) is 11.0 Å². The molecule has 1 saturated heterocycles. The van der Waals surface area contributed by atoms with E-state index >= 15 is 0 Å². The maximum atomic E-state index is 11.4. The zero-order valence-corrected chi connectivity index (χ0v) is 15.9. The van der Waals surface area contributed by atoms with Gasteiger partial charge in [0.1, 0.15) is 41.3 Å². The minimum absolute atomic E-state index is 0.388. The van der Waals surface area contributed by atoms with Crippen molar-refractivity contribution in [2.24, 2.45) is 0 Å². The molecule has 1 aromatic carbocycles. The van der Waals surface area contributed by atoms with E-state index in [2.05, 4.69) is 0 Å². The van der Waals surface area contributed by atoms with Crippen molar-refractivity contribution in [3.8, 4) is 5.75 Å². The Morgan fingerprint density at radius 3 is 2.61 bits per heavy atom. The highest BCUT2D eigenvalue weighted by Gasteiger charge is 2.47. The zero-order valence-electron chi connectivity index (χ0n) is 15.9. The predicted octanol–water partition coefficient (Wildman–Crippen LogP) is 0.719. The van der Waals surface area contributed by atoms with Crippen LogP contribution in [0.5, 0.6) is 5.75 Å². The summed E-state index contributed by atoms with van der Waals surface area (Å²) >= 11 is 0. The summed E-state index contributed by atoms with van der Waals surface area (Å²) in [5, 5.41) is 30.8. The Labute approximate surface area is 161 Å². The monoisotopic (exact) mass is 392 g/mol. The van der Waals surface area contributed by atoms with E-state index in [9.17, 15) is 20.1 Å². The molecule has 0 aliphatic carbocycles. The lowest BCUT2D eigenvalue weighted by Gasteiger charge is -2.43. The third kappa shape index (κ3) is 3.31. The fourth-order valence-electron chi connectivity index (χ4n) is 3.68. The van der Waals surface area contributed by atoms with Crippen molar-refractivity contribution in [2.75, 3.05) is 0 Å². The first kappa shape index (κ1) is 19.4. The van der Waals surface area contributed by atoms with Gasteiger partial charge in [0.05, 0.1) is 6.10 Å². The van der Waals surface area contributed by atoms with E-state index in [0.717, 1.165) is 10.9 Å². The van der Waals surface area contributed by atoms with E-state index in [1.165, 1.54) is 6.07 Å². The zero-order chi connectivity index (χ0) is 20.2. The Hall–Kier alpha value is -1.97. The van der Waals surface area contributed by atoms with Crippen molar-refractivity contribution in [1.29, 1.82) is 0 Å². The molecule has 0 radical (unpaired) electrons. The molecule has 3 heterocycles. The third-order valence-electron chi connectivity index (χ3n) is 5.48. The lowest BCUT2D eigenvalue weighted by Crippen LogP contribution is -2.60. The average Bonchev–Trinajstić information content (AvgIpc) is 3.06. The number of aliphatic hydroxyl groups is 3. The summed E-state index contributed by atoms with van der Waals surface area (Å²) in [5.41, 5.74) is 0.0999. The summed E-state index contributed by atoms with van der Waals surface area (Å²) in [7, 11) is 0. The van der Waals surface area contributed by atoms with Crippen LogP contribution in [0, 0.1) is 0 Å². The second-order valence-electron chi connectivity index (χ2n) is 7.97. The second kappa shape index (κ2) is 6.82. The van der Waals surface area contributed by atoms with E-state index in [4.69, 9.17) is 18.6 Å². The molecule has 8 heteroatoms. The molecule has 2 aromatic rings. The minimum Gasteiger partial charge on any atom is -0.487 e. The predicted molar refractivity (Wildman–Crippen MR) is 98.1 cm³/mol. The summed E-state index contributed by atoms with van der Waals surface area (Å²) in [6.07, 6.45) is -5.55. The number of aliphatic hydroxyl groups excluding tert-OH is 3. The van der Waals surface area contributed by atoms with Gasteiger partial charge in [0.2, 0.25) is 0 Å². The molecule has 8 nitrogen and oxygen atoms in total. The minimum atomic E-state index is -1.38. The lowest BCUT2D eigenvalue weighted by atomic mass is 9.95. The lowest BCUT2D eigenvalue weighted by molar-refractivity contribution is -0.323. The molecule has 6 unspecified atom stereocenters. The highest BCUT2D eigenvalue weighted by Crippen LogP contribution is 2.38. The molecule has 1 fully saturated rings. The molecule has 4 rings (SSSR count). The van der Waals surface area contributed by atoms with Crippen molar-refractivity contribution in [3.63, 3.8) is 0 Å². The van der Waals surface area contributed by atoms with Gasteiger partial charge >= 0.3 is 5.63 Å². The fourth-order valence-corrected chi connectivity index (χ4v) is 3.68. The van der Waals surface area contributed by atoms with Crippen molar-refractivity contribution in [3.05, 3.63) is 40.2 Å². The van der Waals surface area contributed by atoms with Crippen LogP contribution < -0.4 is 10.4 Å². The smallest absolute Gasteiger partial charge is 0.336 e. The van der Waals surface area contributed by atoms with Gasteiger partial charge in [-0.3, -0.25) is 0 Å². The molecule has 28 heavy (non-hydrogen) atoms. The van der Waals surface area contributed by atoms with Gasteiger partial charge in [-0.2, -0.15) is 0 Å². The van der Waals surface area contributed by atoms with Crippen molar-refractivity contribution in [1.82, 2.24) is 0 Å². The quantitative estimate of drug-likeness (QED) is 0.654. The first-order valence-corrected chi connectivity index (χ1v) is 9.26. The maximum Gasteiger partial charge on any atom is 0.336 e. The van der Waals surface area contributed by atoms with Gasteiger partial charge in [0.15, 0.2) is 6.29 Å². The number of rotatable bonds is 3. The topological polar surface area (TPSA) is 119 Å². The second-order valence-corrected chi connectivity index (χ2v) is 7.97. The number of ether oxygens (including phenoxy) is 3. The SMILES string of the molecule is CC1OC(OC(C)(C)C2Cc3cc4ccc(=O)oc4cc3O2)C(O)C(O)C1O. The van der Waals surface area contributed by atoms with Gasteiger partial charge in [0.25, 0.3) is 0 Å². The van der Waals surface area contributed by atoms with Crippen LogP contribution in [0.2, 0.25) is 0 Å². The molecule has 1 aromatic heterocycles. The highest BCUT2D eigenvalue weighted by molar-refractivity contribution is 5.79. The number of hydrogen-bond donors (Lipinski definition) is 3. The Balaban J connectivity index is 1.53. The Bertz CT molecular complexity index is 935. The fraction of sp³-hybridized carbons (Fsp3) is 0.550. The molecule has 0 bridgehead atoms. The van der Waals surface area contributed by atoms with E-state index in [1.54, 1.807) is 19.1 Å². The van der Waals surface area contributed by atoms with Crippen molar-refractivity contribution >= 4 is 11.0 Å². The van der Waals surface area contributed by atoms with Gasteiger partial charge in [-0.05, 0) is 38.5 Å². The van der Waals surface area contributed by atoms with Gasteiger partial charge < -0.3 is 33.9 Å². The standard InChI is InChI=1S/C20H24O8/c1-9-16(22)17(23)18(24)19(25-9)28-20(2,3)14-7-11-6-10-4-5-15(21)27-12(10)8-13(11)26-14/h4-6,8-9,14,16-19,22-24H,7H2,1-3H3. The molecule has 2 aliphatic rings. The maximum absolute atomic E-state index is 11.4. The van der Waals surface area contributed by atoms with Gasteiger partial charge in [0, 0.05) is 23.9 Å². The third-order valence-corrected chi connectivity index (χ3v) is 5.48. The first-order chi connectivity index (χ1) is 13.2. The van der Waals surface area contributed by atoms with E-state index in [-0.39, 0.29) is 6.10 Å². The molecular weight excluding hydrogens is 368 g/mol. The van der Waals surface area contributed by atoms with Gasteiger partial charge in [-0.1, -0.05) is 0 Å². The number of fused-ring (bicyclic) bond motifs is 2. The molecular formula is C20H24O8. The van der Waals surface area contributed by atoms with Crippen LogP contribution in [-0.4, -0.2) is 57.7 Å². The number of hydrogen-bond acceptors (Lipinski definition) is 8. The van der Waals surface area contributed by atoms with Crippen LogP contribution in [-0.2, 0) is 15.9 Å². The largest absolute Gasteiger partial charge is 0.487 e. The summed E-state index contributed by atoms with van der Waals surface area (Å²) in [4.78, 5) is 11.4. The summed E-state index contributed by atoms with van der Waals surface area (Å²) in [6, 6.07) is 6.68. The molecule has 152 valence electrons. The van der Waals surface area contributed by atoms with E-state index < -0.39 is 41.9 Å².